The maximum atomic E-state index is 4.35. The largest absolute Gasteiger partial charge is 0.367 e. The van der Waals surface area contributed by atoms with E-state index in [0.717, 1.165) is 23.9 Å². The maximum Gasteiger partial charge on any atom is 0.130 e. The first-order valence-corrected chi connectivity index (χ1v) is 5.03. The Balaban J connectivity index is 2.12. The third kappa shape index (κ3) is 2.42. The minimum Gasteiger partial charge on any atom is -0.367 e. The van der Waals surface area contributed by atoms with Gasteiger partial charge in [-0.05, 0) is 26.8 Å². The molecule has 4 nitrogen and oxygen atoms in total. The van der Waals surface area contributed by atoms with Gasteiger partial charge in [0.15, 0.2) is 0 Å². The van der Waals surface area contributed by atoms with Crippen molar-refractivity contribution in [3.8, 4) is 0 Å². The predicted molar refractivity (Wildman–Crippen MR) is 56.2 cm³/mol. The number of rotatable bonds is 4. The van der Waals surface area contributed by atoms with Crippen LogP contribution < -0.4 is 10.6 Å². The number of nitrogens with one attached hydrogen (secondary N) is 2. The standard InChI is InChI=1S/C10H16N4/c1-7-12-9(6-11-2)5-10(13-7)14-8-3-4-8/h5,8,11H,3-4,6H2,1-2H3,(H,12,13,14). The molecule has 1 aliphatic carbocycles. The van der Waals surface area contributed by atoms with E-state index in [1.807, 2.05) is 20.0 Å². The molecule has 1 aromatic rings. The van der Waals surface area contributed by atoms with E-state index in [-0.39, 0.29) is 0 Å². The summed E-state index contributed by atoms with van der Waals surface area (Å²) in [6, 6.07) is 2.66. The molecule has 0 bridgehead atoms. The van der Waals surface area contributed by atoms with E-state index >= 15 is 0 Å². The molecule has 1 aromatic heterocycles. The zero-order valence-corrected chi connectivity index (χ0v) is 8.67. The zero-order valence-electron chi connectivity index (χ0n) is 8.67. The summed E-state index contributed by atoms with van der Waals surface area (Å²) >= 11 is 0. The second kappa shape index (κ2) is 3.92. The number of nitrogens with zero attached hydrogens (tertiary/aromatic N) is 2. The van der Waals surface area contributed by atoms with Crippen molar-refractivity contribution in [2.45, 2.75) is 32.4 Å². The third-order valence-corrected chi connectivity index (χ3v) is 2.18. The monoisotopic (exact) mass is 192 g/mol. The molecule has 76 valence electrons. The van der Waals surface area contributed by atoms with Gasteiger partial charge in [0.2, 0.25) is 0 Å². The molecule has 2 rings (SSSR count). The fraction of sp³-hybridized carbons (Fsp3) is 0.600. The second-order valence-corrected chi connectivity index (χ2v) is 3.74. The van der Waals surface area contributed by atoms with E-state index in [9.17, 15) is 0 Å². The lowest BCUT2D eigenvalue weighted by molar-refractivity contribution is 0.778. The zero-order chi connectivity index (χ0) is 9.97. The smallest absolute Gasteiger partial charge is 0.130 e. The summed E-state index contributed by atoms with van der Waals surface area (Å²) in [6.07, 6.45) is 2.54. The SMILES string of the molecule is CNCc1cc(NC2CC2)nc(C)n1. The number of hydrogen-bond donors (Lipinski definition) is 2. The lowest BCUT2D eigenvalue weighted by atomic mass is 10.3. The van der Waals surface area contributed by atoms with Gasteiger partial charge in [-0.15, -0.1) is 0 Å². The Morgan fingerprint density at radius 1 is 1.43 bits per heavy atom. The van der Waals surface area contributed by atoms with Crippen LogP contribution in [0.3, 0.4) is 0 Å². The highest BCUT2D eigenvalue weighted by molar-refractivity contribution is 5.38. The Morgan fingerprint density at radius 3 is 2.86 bits per heavy atom. The molecule has 0 saturated heterocycles. The summed E-state index contributed by atoms with van der Waals surface area (Å²) in [7, 11) is 1.92. The number of aromatic nitrogens is 2. The van der Waals surface area contributed by atoms with Crippen molar-refractivity contribution in [1.82, 2.24) is 15.3 Å². The van der Waals surface area contributed by atoms with Crippen LogP contribution in [-0.4, -0.2) is 23.1 Å². The van der Waals surface area contributed by atoms with E-state index in [4.69, 9.17) is 0 Å². The van der Waals surface area contributed by atoms with Crippen LogP contribution in [0.2, 0.25) is 0 Å². The van der Waals surface area contributed by atoms with Crippen LogP contribution >= 0.6 is 0 Å². The summed E-state index contributed by atoms with van der Waals surface area (Å²) in [5.74, 6) is 1.80. The van der Waals surface area contributed by atoms with Crippen molar-refractivity contribution in [3.05, 3.63) is 17.6 Å². The normalized spacial score (nSPS) is 15.6. The first-order valence-electron chi connectivity index (χ1n) is 5.03. The molecule has 0 aliphatic heterocycles. The summed E-state index contributed by atoms with van der Waals surface area (Å²) in [5.41, 5.74) is 1.04. The van der Waals surface area contributed by atoms with Crippen molar-refractivity contribution < 1.29 is 0 Å². The Labute approximate surface area is 84.2 Å². The fourth-order valence-corrected chi connectivity index (χ4v) is 1.41. The Bertz CT molecular complexity index is 320. The summed E-state index contributed by atoms with van der Waals surface area (Å²) in [6.45, 7) is 2.72. The fourth-order valence-electron chi connectivity index (χ4n) is 1.41. The predicted octanol–water partition coefficient (Wildman–Crippen LogP) is 1.08. The van der Waals surface area contributed by atoms with E-state index in [0.29, 0.717) is 6.04 Å². The topological polar surface area (TPSA) is 49.8 Å². The van der Waals surface area contributed by atoms with Crippen molar-refractivity contribution in [3.63, 3.8) is 0 Å². The lowest BCUT2D eigenvalue weighted by Crippen LogP contribution is -2.11. The quantitative estimate of drug-likeness (QED) is 0.749. The van der Waals surface area contributed by atoms with Crippen LogP contribution in [0.25, 0.3) is 0 Å². The number of anilines is 1. The van der Waals surface area contributed by atoms with Gasteiger partial charge in [0, 0.05) is 18.7 Å². The van der Waals surface area contributed by atoms with Gasteiger partial charge >= 0.3 is 0 Å². The molecule has 4 heteroatoms. The highest BCUT2D eigenvalue weighted by Crippen LogP contribution is 2.23. The van der Waals surface area contributed by atoms with Crippen molar-refractivity contribution in [2.24, 2.45) is 0 Å². The van der Waals surface area contributed by atoms with Crippen LogP contribution in [0.1, 0.15) is 24.4 Å². The second-order valence-electron chi connectivity index (χ2n) is 3.74. The average molecular weight is 192 g/mol. The van der Waals surface area contributed by atoms with E-state index < -0.39 is 0 Å². The summed E-state index contributed by atoms with van der Waals surface area (Å²) < 4.78 is 0. The van der Waals surface area contributed by atoms with Gasteiger partial charge in [0.05, 0.1) is 5.69 Å². The summed E-state index contributed by atoms with van der Waals surface area (Å²) in [5, 5.41) is 6.47. The highest BCUT2D eigenvalue weighted by Gasteiger charge is 2.21. The van der Waals surface area contributed by atoms with Gasteiger partial charge in [-0.25, -0.2) is 9.97 Å². The molecule has 0 unspecified atom stereocenters. The highest BCUT2D eigenvalue weighted by atomic mass is 15.1. The van der Waals surface area contributed by atoms with Gasteiger partial charge in [-0.2, -0.15) is 0 Å². The van der Waals surface area contributed by atoms with Gasteiger partial charge in [-0.1, -0.05) is 0 Å². The van der Waals surface area contributed by atoms with Gasteiger partial charge < -0.3 is 10.6 Å². The molecule has 1 aliphatic rings. The minimum atomic E-state index is 0.645. The molecule has 1 heterocycles. The molecule has 0 atom stereocenters. The molecule has 2 N–H and O–H groups in total. The summed E-state index contributed by atoms with van der Waals surface area (Å²) in [4.78, 5) is 8.68. The van der Waals surface area contributed by atoms with Crippen LogP contribution in [0.5, 0.6) is 0 Å². The van der Waals surface area contributed by atoms with E-state index in [1.165, 1.54) is 12.8 Å². The van der Waals surface area contributed by atoms with Crippen molar-refractivity contribution in [1.29, 1.82) is 0 Å². The Hall–Kier alpha value is -1.16. The lowest BCUT2D eigenvalue weighted by Gasteiger charge is -2.06. The van der Waals surface area contributed by atoms with Gasteiger partial charge in [0.25, 0.3) is 0 Å². The van der Waals surface area contributed by atoms with E-state index in [1.54, 1.807) is 0 Å². The average Bonchev–Trinajstić information content (AvgIpc) is 2.87. The van der Waals surface area contributed by atoms with Gasteiger partial charge in [0.1, 0.15) is 11.6 Å². The number of aryl methyl sites for hydroxylation is 1. The molecular weight excluding hydrogens is 176 g/mol. The van der Waals surface area contributed by atoms with Gasteiger partial charge in [-0.3, -0.25) is 0 Å². The van der Waals surface area contributed by atoms with Crippen LogP contribution in [0.4, 0.5) is 5.82 Å². The molecule has 0 radical (unpaired) electrons. The Morgan fingerprint density at radius 2 is 2.21 bits per heavy atom. The molecule has 14 heavy (non-hydrogen) atoms. The number of hydrogen-bond acceptors (Lipinski definition) is 4. The molecular formula is C10H16N4. The van der Waals surface area contributed by atoms with Crippen molar-refractivity contribution in [2.75, 3.05) is 12.4 Å². The molecule has 0 aromatic carbocycles. The van der Waals surface area contributed by atoms with Crippen LogP contribution in [0.15, 0.2) is 6.07 Å². The molecule has 0 spiro atoms. The van der Waals surface area contributed by atoms with Crippen molar-refractivity contribution >= 4 is 5.82 Å². The minimum absolute atomic E-state index is 0.645. The molecule has 1 saturated carbocycles. The first kappa shape index (κ1) is 9.40. The first-order chi connectivity index (χ1) is 6.78. The molecule has 1 fully saturated rings. The molecule has 0 amide bonds. The maximum absolute atomic E-state index is 4.35. The van der Waals surface area contributed by atoms with Crippen LogP contribution in [0, 0.1) is 6.92 Å². The van der Waals surface area contributed by atoms with E-state index in [2.05, 4.69) is 20.6 Å². The third-order valence-electron chi connectivity index (χ3n) is 2.18. The van der Waals surface area contributed by atoms with Crippen LogP contribution in [-0.2, 0) is 6.54 Å². The Kier molecular flexibility index (Phi) is 2.63.